The highest BCUT2D eigenvalue weighted by Crippen LogP contribution is 2.16. The van der Waals surface area contributed by atoms with Crippen molar-refractivity contribution < 1.29 is 4.74 Å². The number of rotatable bonds is 4. The van der Waals surface area contributed by atoms with Gasteiger partial charge in [-0.1, -0.05) is 19.1 Å². The molecule has 0 aromatic heterocycles. The van der Waals surface area contributed by atoms with Crippen LogP contribution in [0.1, 0.15) is 25.3 Å². The van der Waals surface area contributed by atoms with Crippen LogP contribution < -0.4 is 10.1 Å². The van der Waals surface area contributed by atoms with Gasteiger partial charge in [-0.3, -0.25) is 0 Å². The molecule has 0 spiro atoms. The van der Waals surface area contributed by atoms with Gasteiger partial charge in [-0.05, 0) is 56.0 Å². The molecule has 0 unspecified atom stereocenters. The predicted octanol–water partition coefficient (Wildman–Crippen LogP) is 3.05. The first kappa shape index (κ1) is 14.3. The van der Waals surface area contributed by atoms with E-state index in [1.54, 1.807) is 0 Å². The van der Waals surface area contributed by atoms with Gasteiger partial charge in [0, 0.05) is 0 Å². The second-order valence-electron chi connectivity index (χ2n) is 4.50. The Bertz CT molecular complexity index is 307. The second kappa shape index (κ2) is 7.57. The van der Waals surface area contributed by atoms with E-state index in [1.165, 1.54) is 18.4 Å². The van der Waals surface area contributed by atoms with Gasteiger partial charge in [0.05, 0.1) is 6.61 Å². The van der Waals surface area contributed by atoms with Crippen molar-refractivity contribution in [3.63, 3.8) is 0 Å². The molecule has 0 radical (unpaired) electrons. The molecule has 0 atom stereocenters. The van der Waals surface area contributed by atoms with Crippen LogP contribution in [0.4, 0.5) is 0 Å². The summed E-state index contributed by atoms with van der Waals surface area (Å²) in [5, 5.41) is 3.37. The molecule has 1 saturated heterocycles. The van der Waals surface area contributed by atoms with E-state index < -0.39 is 0 Å². The van der Waals surface area contributed by atoms with Gasteiger partial charge in [0.2, 0.25) is 0 Å². The fourth-order valence-corrected chi connectivity index (χ4v) is 2.08. The molecule has 2 rings (SSSR count). The third kappa shape index (κ3) is 4.57. The van der Waals surface area contributed by atoms with E-state index in [0.29, 0.717) is 0 Å². The molecule has 96 valence electrons. The van der Waals surface area contributed by atoms with Gasteiger partial charge in [0.15, 0.2) is 0 Å². The van der Waals surface area contributed by atoms with E-state index in [9.17, 15) is 0 Å². The Morgan fingerprint density at radius 1 is 1.18 bits per heavy atom. The predicted molar refractivity (Wildman–Crippen MR) is 74.2 cm³/mol. The summed E-state index contributed by atoms with van der Waals surface area (Å²) in [5.41, 5.74) is 1.37. The Morgan fingerprint density at radius 3 is 2.41 bits per heavy atom. The zero-order valence-electron chi connectivity index (χ0n) is 10.4. The molecule has 0 aliphatic carbocycles. The van der Waals surface area contributed by atoms with E-state index in [-0.39, 0.29) is 12.4 Å². The maximum atomic E-state index is 5.82. The molecule has 1 aliphatic heterocycles. The molecular formula is C14H22ClNO. The van der Waals surface area contributed by atoms with Gasteiger partial charge in [0.25, 0.3) is 0 Å². The Morgan fingerprint density at radius 2 is 1.82 bits per heavy atom. The fraction of sp³-hybridized carbons (Fsp3) is 0.571. The average molecular weight is 256 g/mol. The number of ether oxygens (including phenoxy) is 1. The lowest BCUT2D eigenvalue weighted by Crippen LogP contribution is -2.30. The lowest BCUT2D eigenvalue weighted by Gasteiger charge is -2.22. The van der Waals surface area contributed by atoms with Crippen LogP contribution >= 0.6 is 12.4 Å². The van der Waals surface area contributed by atoms with Gasteiger partial charge in [-0.15, -0.1) is 12.4 Å². The quantitative estimate of drug-likeness (QED) is 0.893. The number of hydrogen-bond donors (Lipinski definition) is 1. The molecule has 1 fully saturated rings. The normalized spacial score (nSPS) is 16.3. The molecule has 0 saturated carbocycles. The Hall–Kier alpha value is -0.730. The number of piperidine rings is 1. The van der Waals surface area contributed by atoms with E-state index in [2.05, 4.69) is 36.5 Å². The number of nitrogens with one attached hydrogen (secondary N) is 1. The molecule has 1 aliphatic rings. The minimum absolute atomic E-state index is 0. The van der Waals surface area contributed by atoms with Gasteiger partial charge in [-0.25, -0.2) is 0 Å². The third-order valence-corrected chi connectivity index (χ3v) is 3.28. The SMILES string of the molecule is CCc1ccc(OCC2CCNCC2)cc1.Cl. The van der Waals surface area contributed by atoms with Crippen molar-refractivity contribution in [1.82, 2.24) is 5.32 Å². The molecule has 0 bridgehead atoms. The zero-order chi connectivity index (χ0) is 11.2. The van der Waals surface area contributed by atoms with E-state index in [1.807, 2.05) is 0 Å². The molecule has 1 N–H and O–H groups in total. The van der Waals surface area contributed by atoms with Crippen molar-refractivity contribution in [2.45, 2.75) is 26.2 Å². The molecule has 3 heteroatoms. The Balaban J connectivity index is 0.00000144. The van der Waals surface area contributed by atoms with Gasteiger partial charge < -0.3 is 10.1 Å². The number of benzene rings is 1. The maximum absolute atomic E-state index is 5.82. The minimum Gasteiger partial charge on any atom is -0.493 e. The fourth-order valence-electron chi connectivity index (χ4n) is 2.08. The highest BCUT2D eigenvalue weighted by molar-refractivity contribution is 5.85. The summed E-state index contributed by atoms with van der Waals surface area (Å²) < 4.78 is 5.82. The van der Waals surface area contributed by atoms with Crippen molar-refractivity contribution >= 4 is 12.4 Å². The van der Waals surface area contributed by atoms with Crippen molar-refractivity contribution in [3.8, 4) is 5.75 Å². The van der Waals surface area contributed by atoms with Crippen LogP contribution in [0.25, 0.3) is 0 Å². The lowest BCUT2D eigenvalue weighted by molar-refractivity contribution is 0.215. The number of halogens is 1. The van der Waals surface area contributed by atoms with Crippen LogP contribution in [0, 0.1) is 5.92 Å². The second-order valence-corrected chi connectivity index (χ2v) is 4.50. The van der Waals surface area contributed by atoms with Crippen molar-refractivity contribution in [2.24, 2.45) is 5.92 Å². The first-order chi connectivity index (χ1) is 7.88. The minimum atomic E-state index is 0. The standard InChI is InChI=1S/C14H21NO.ClH/c1-2-12-3-5-14(6-4-12)16-11-13-7-9-15-10-8-13;/h3-6,13,15H,2,7-11H2,1H3;1H. The molecular weight excluding hydrogens is 234 g/mol. The maximum Gasteiger partial charge on any atom is 0.119 e. The first-order valence-electron chi connectivity index (χ1n) is 6.31. The highest BCUT2D eigenvalue weighted by Gasteiger charge is 2.13. The summed E-state index contributed by atoms with van der Waals surface area (Å²) in [6, 6.07) is 8.47. The summed E-state index contributed by atoms with van der Waals surface area (Å²) in [6.07, 6.45) is 3.58. The number of aryl methyl sites for hydroxylation is 1. The van der Waals surface area contributed by atoms with Crippen molar-refractivity contribution in [2.75, 3.05) is 19.7 Å². The smallest absolute Gasteiger partial charge is 0.119 e. The molecule has 0 amide bonds. The Kier molecular flexibility index (Phi) is 6.38. The number of hydrogen-bond acceptors (Lipinski definition) is 2. The molecule has 1 aromatic rings. The molecule has 17 heavy (non-hydrogen) atoms. The van der Waals surface area contributed by atoms with E-state index in [4.69, 9.17) is 4.74 Å². The summed E-state index contributed by atoms with van der Waals surface area (Å²) in [4.78, 5) is 0. The topological polar surface area (TPSA) is 21.3 Å². The van der Waals surface area contributed by atoms with Crippen LogP contribution in [0.15, 0.2) is 24.3 Å². The van der Waals surface area contributed by atoms with Gasteiger partial charge >= 0.3 is 0 Å². The van der Waals surface area contributed by atoms with E-state index >= 15 is 0 Å². The highest BCUT2D eigenvalue weighted by atomic mass is 35.5. The third-order valence-electron chi connectivity index (χ3n) is 3.28. The summed E-state index contributed by atoms with van der Waals surface area (Å²) in [6.45, 7) is 5.32. The molecule has 1 aromatic carbocycles. The average Bonchev–Trinajstić information content (AvgIpc) is 2.38. The van der Waals surface area contributed by atoms with Gasteiger partial charge in [0.1, 0.15) is 5.75 Å². The zero-order valence-corrected chi connectivity index (χ0v) is 11.3. The monoisotopic (exact) mass is 255 g/mol. The largest absolute Gasteiger partial charge is 0.493 e. The van der Waals surface area contributed by atoms with Crippen LogP contribution in [-0.4, -0.2) is 19.7 Å². The van der Waals surface area contributed by atoms with Crippen LogP contribution in [-0.2, 0) is 6.42 Å². The van der Waals surface area contributed by atoms with Crippen LogP contribution in [0.2, 0.25) is 0 Å². The van der Waals surface area contributed by atoms with Crippen molar-refractivity contribution in [1.29, 1.82) is 0 Å². The van der Waals surface area contributed by atoms with Crippen molar-refractivity contribution in [3.05, 3.63) is 29.8 Å². The van der Waals surface area contributed by atoms with Crippen LogP contribution in [0.3, 0.4) is 0 Å². The van der Waals surface area contributed by atoms with Crippen LogP contribution in [0.5, 0.6) is 5.75 Å². The Labute approximate surface area is 110 Å². The summed E-state index contributed by atoms with van der Waals surface area (Å²) in [7, 11) is 0. The summed E-state index contributed by atoms with van der Waals surface area (Å²) in [5.74, 6) is 1.74. The van der Waals surface area contributed by atoms with Gasteiger partial charge in [-0.2, -0.15) is 0 Å². The molecule has 2 nitrogen and oxygen atoms in total. The molecule has 1 heterocycles. The lowest BCUT2D eigenvalue weighted by atomic mass is 9.99. The first-order valence-corrected chi connectivity index (χ1v) is 6.31. The summed E-state index contributed by atoms with van der Waals surface area (Å²) >= 11 is 0. The van der Waals surface area contributed by atoms with E-state index in [0.717, 1.165) is 37.8 Å².